The van der Waals surface area contributed by atoms with Gasteiger partial charge in [-0.2, -0.15) is 15.6 Å². The Morgan fingerprint density at radius 1 is 1.31 bits per heavy atom. The van der Waals surface area contributed by atoms with Crippen molar-refractivity contribution in [2.24, 2.45) is 0 Å². The summed E-state index contributed by atoms with van der Waals surface area (Å²) in [5, 5.41) is 32.3. The molecule has 0 aliphatic carbocycles. The molecular formula is C19H19N5O5. The van der Waals surface area contributed by atoms with Crippen LogP contribution in [0.1, 0.15) is 23.7 Å². The summed E-state index contributed by atoms with van der Waals surface area (Å²) in [5.41, 5.74) is 6.54. The lowest BCUT2D eigenvalue weighted by Gasteiger charge is -2.13. The molecule has 0 radical (unpaired) electrons. The predicted molar refractivity (Wildman–Crippen MR) is 103 cm³/mol. The second-order valence-corrected chi connectivity index (χ2v) is 5.69. The fourth-order valence-electron chi connectivity index (χ4n) is 2.59. The molecule has 0 saturated heterocycles. The van der Waals surface area contributed by atoms with Crippen molar-refractivity contribution in [2.75, 3.05) is 26.6 Å². The molecular weight excluding hydrogens is 378 g/mol. The number of benzene rings is 1. The molecule has 2 rings (SSSR count). The van der Waals surface area contributed by atoms with Gasteiger partial charge < -0.3 is 25.1 Å². The van der Waals surface area contributed by atoms with Gasteiger partial charge in [-0.15, -0.1) is 0 Å². The Bertz CT molecular complexity index is 1020. The lowest BCUT2D eigenvalue weighted by atomic mass is 10.1. The molecule has 0 unspecified atom stereocenters. The van der Waals surface area contributed by atoms with Gasteiger partial charge in [0.15, 0.2) is 11.5 Å². The predicted octanol–water partition coefficient (Wildman–Crippen LogP) is 1.34. The van der Waals surface area contributed by atoms with Crippen molar-refractivity contribution in [3.8, 4) is 29.4 Å². The van der Waals surface area contributed by atoms with Crippen LogP contribution >= 0.6 is 0 Å². The van der Waals surface area contributed by atoms with E-state index in [2.05, 4.69) is 5.10 Å². The molecule has 0 aliphatic rings. The molecule has 3 N–H and O–H groups in total. The summed E-state index contributed by atoms with van der Waals surface area (Å²) in [4.78, 5) is 11.3. The van der Waals surface area contributed by atoms with Crippen LogP contribution in [0, 0.1) is 22.7 Å². The molecule has 0 amide bonds. The zero-order valence-electron chi connectivity index (χ0n) is 16.1. The number of aliphatic hydroxyl groups is 1. The van der Waals surface area contributed by atoms with Gasteiger partial charge in [0.2, 0.25) is 5.75 Å². The SMILES string of the molecule is COc1cc(/C=C(\C#N)c2nn(CCO)c(N)c2C#N)cc(OC)c1OC(C)=O. The Morgan fingerprint density at radius 3 is 2.38 bits per heavy atom. The number of anilines is 1. The summed E-state index contributed by atoms with van der Waals surface area (Å²) in [6.07, 6.45) is 1.47. The van der Waals surface area contributed by atoms with Gasteiger partial charge in [-0.3, -0.25) is 4.79 Å². The van der Waals surface area contributed by atoms with E-state index in [9.17, 15) is 15.3 Å². The molecule has 10 heteroatoms. The van der Waals surface area contributed by atoms with Crippen LogP contribution < -0.4 is 19.9 Å². The zero-order chi connectivity index (χ0) is 21.6. The standard InChI is InChI=1S/C19H19N5O5/c1-11(26)29-18-15(27-2)7-12(8-16(18)28-3)6-13(9-20)17-14(10-21)19(22)24(23-17)4-5-25/h6-8,25H,4-5,22H2,1-3H3/b13-6+. The van der Waals surface area contributed by atoms with Gasteiger partial charge >= 0.3 is 5.97 Å². The third-order valence-corrected chi connectivity index (χ3v) is 3.83. The van der Waals surface area contributed by atoms with Crippen LogP contribution in [0.4, 0.5) is 5.82 Å². The minimum Gasteiger partial charge on any atom is -0.493 e. The van der Waals surface area contributed by atoms with E-state index in [-0.39, 0.29) is 53.0 Å². The Balaban J connectivity index is 2.63. The van der Waals surface area contributed by atoms with Crippen molar-refractivity contribution in [1.29, 1.82) is 10.5 Å². The van der Waals surface area contributed by atoms with Gasteiger partial charge in [0.1, 0.15) is 29.2 Å². The lowest BCUT2D eigenvalue weighted by Crippen LogP contribution is -2.07. The molecule has 0 spiro atoms. The van der Waals surface area contributed by atoms with Gasteiger partial charge in [-0.1, -0.05) is 0 Å². The normalized spacial score (nSPS) is 10.8. The fourth-order valence-corrected chi connectivity index (χ4v) is 2.59. The van der Waals surface area contributed by atoms with Gasteiger partial charge in [-0.05, 0) is 23.8 Å². The number of nitrogens with two attached hydrogens (primary N) is 1. The number of aromatic nitrogens is 2. The maximum absolute atomic E-state index is 11.3. The van der Waals surface area contributed by atoms with Gasteiger partial charge in [0, 0.05) is 6.92 Å². The number of aliphatic hydroxyl groups excluding tert-OH is 1. The average molecular weight is 397 g/mol. The Hall–Kier alpha value is -4.02. The molecule has 1 heterocycles. The van der Waals surface area contributed by atoms with E-state index >= 15 is 0 Å². The third kappa shape index (κ3) is 4.46. The van der Waals surface area contributed by atoms with E-state index in [1.165, 1.54) is 44.0 Å². The summed E-state index contributed by atoms with van der Waals surface area (Å²) in [5.74, 6) is 0.0411. The van der Waals surface area contributed by atoms with Crippen molar-refractivity contribution in [1.82, 2.24) is 9.78 Å². The van der Waals surface area contributed by atoms with Crippen LogP contribution in [-0.2, 0) is 11.3 Å². The topological polar surface area (TPSA) is 156 Å². The van der Waals surface area contributed by atoms with Crippen LogP contribution in [0.5, 0.6) is 17.2 Å². The molecule has 0 aliphatic heterocycles. The first-order valence-electron chi connectivity index (χ1n) is 8.33. The Morgan fingerprint density at radius 2 is 1.93 bits per heavy atom. The van der Waals surface area contributed by atoms with Gasteiger partial charge in [-0.25, -0.2) is 4.68 Å². The first kappa shape index (κ1) is 21.3. The fraction of sp³-hybridized carbons (Fsp3) is 0.263. The lowest BCUT2D eigenvalue weighted by molar-refractivity contribution is -0.132. The van der Waals surface area contributed by atoms with Crippen LogP contribution in [0.25, 0.3) is 11.6 Å². The van der Waals surface area contributed by atoms with E-state index < -0.39 is 5.97 Å². The van der Waals surface area contributed by atoms with Crippen LogP contribution in [-0.4, -0.2) is 41.7 Å². The summed E-state index contributed by atoms with van der Waals surface area (Å²) in [6.45, 7) is 1.10. The van der Waals surface area contributed by atoms with Crippen molar-refractivity contribution < 1.29 is 24.1 Å². The zero-order valence-corrected chi connectivity index (χ0v) is 16.1. The number of allylic oxidation sites excluding steroid dienone is 1. The molecule has 0 atom stereocenters. The van der Waals surface area contributed by atoms with Crippen LogP contribution in [0.3, 0.4) is 0 Å². The first-order valence-corrected chi connectivity index (χ1v) is 8.33. The number of methoxy groups -OCH3 is 2. The highest BCUT2D eigenvalue weighted by Gasteiger charge is 2.20. The number of hydrogen-bond acceptors (Lipinski definition) is 9. The maximum atomic E-state index is 11.3. The third-order valence-electron chi connectivity index (χ3n) is 3.83. The molecule has 0 saturated carbocycles. The number of nitrogen functional groups attached to an aromatic ring is 1. The highest BCUT2D eigenvalue weighted by atomic mass is 16.6. The molecule has 29 heavy (non-hydrogen) atoms. The minimum absolute atomic E-state index is 0.0294. The number of ether oxygens (including phenoxy) is 3. The Labute approximate surface area is 166 Å². The first-order chi connectivity index (χ1) is 13.9. The molecule has 10 nitrogen and oxygen atoms in total. The van der Waals surface area contributed by atoms with Crippen molar-refractivity contribution in [3.63, 3.8) is 0 Å². The van der Waals surface area contributed by atoms with Gasteiger partial charge in [0.05, 0.1) is 32.9 Å². The van der Waals surface area contributed by atoms with E-state index in [1.54, 1.807) is 0 Å². The highest BCUT2D eigenvalue weighted by Crippen LogP contribution is 2.39. The molecule has 0 bridgehead atoms. The molecule has 1 aromatic heterocycles. The number of carbonyl (C=O) groups is 1. The largest absolute Gasteiger partial charge is 0.493 e. The quantitative estimate of drug-likeness (QED) is 0.399. The van der Waals surface area contributed by atoms with Crippen molar-refractivity contribution in [2.45, 2.75) is 13.5 Å². The van der Waals surface area contributed by atoms with E-state index in [0.717, 1.165) is 0 Å². The Kier molecular flexibility index (Phi) is 6.80. The van der Waals surface area contributed by atoms with E-state index in [1.807, 2.05) is 12.1 Å². The van der Waals surface area contributed by atoms with E-state index in [0.29, 0.717) is 5.56 Å². The number of esters is 1. The number of nitriles is 2. The highest BCUT2D eigenvalue weighted by molar-refractivity contribution is 5.92. The molecule has 150 valence electrons. The summed E-state index contributed by atoms with van der Waals surface area (Å²) in [7, 11) is 2.79. The monoisotopic (exact) mass is 397 g/mol. The summed E-state index contributed by atoms with van der Waals surface area (Å²) < 4.78 is 16.9. The summed E-state index contributed by atoms with van der Waals surface area (Å²) >= 11 is 0. The van der Waals surface area contributed by atoms with Crippen molar-refractivity contribution in [3.05, 3.63) is 29.0 Å². The van der Waals surface area contributed by atoms with Gasteiger partial charge in [0.25, 0.3) is 0 Å². The van der Waals surface area contributed by atoms with E-state index in [4.69, 9.17) is 25.1 Å². The number of hydrogen-bond donors (Lipinski definition) is 2. The smallest absolute Gasteiger partial charge is 0.308 e. The number of nitrogens with zero attached hydrogens (tertiary/aromatic N) is 4. The van der Waals surface area contributed by atoms with Crippen molar-refractivity contribution >= 4 is 23.4 Å². The minimum atomic E-state index is -0.550. The maximum Gasteiger partial charge on any atom is 0.308 e. The second-order valence-electron chi connectivity index (χ2n) is 5.69. The number of rotatable bonds is 7. The van der Waals surface area contributed by atoms with Crippen LogP contribution in [0.2, 0.25) is 0 Å². The van der Waals surface area contributed by atoms with Crippen LogP contribution in [0.15, 0.2) is 12.1 Å². The summed E-state index contributed by atoms with van der Waals surface area (Å²) in [6, 6.07) is 7.01. The average Bonchev–Trinajstić information content (AvgIpc) is 3.01. The molecule has 2 aromatic rings. The molecule has 0 fully saturated rings. The second kappa shape index (κ2) is 9.26. The number of carbonyl (C=O) groups excluding carboxylic acids is 1. The molecule has 1 aromatic carbocycles.